The normalized spacial score (nSPS) is 19.5. The van der Waals surface area contributed by atoms with E-state index in [0.29, 0.717) is 5.57 Å². The fourth-order valence-corrected chi connectivity index (χ4v) is 1.92. The van der Waals surface area contributed by atoms with Gasteiger partial charge in [0.1, 0.15) is 0 Å². The summed E-state index contributed by atoms with van der Waals surface area (Å²) in [7, 11) is 0. The van der Waals surface area contributed by atoms with Gasteiger partial charge in [0.25, 0.3) is 0 Å². The number of carbonyl (C=O) groups is 2. The number of hydrogen-bond donors (Lipinski definition) is 2. The lowest BCUT2D eigenvalue weighted by molar-refractivity contribution is -0.137. The zero-order valence-electron chi connectivity index (χ0n) is 10.5. The fourth-order valence-electron chi connectivity index (χ4n) is 1.92. The number of unbranched alkanes of at least 4 members (excludes halogenated alkanes) is 4. The molecule has 0 radical (unpaired) electrons. The molecule has 1 atom stereocenters. The van der Waals surface area contributed by atoms with Gasteiger partial charge in [0.05, 0.1) is 6.10 Å². The molecule has 4 nitrogen and oxygen atoms in total. The molecule has 0 aromatic rings. The van der Waals surface area contributed by atoms with Gasteiger partial charge < -0.3 is 10.2 Å². The monoisotopic (exact) mass is 252 g/mol. The Kier molecular flexibility index (Phi) is 6.36. The van der Waals surface area contributed by atoms with E-state index in [9.17, 15) is 14.7 Å². The fraction of sp³-hybridized carbons (Fsp3) is 0.571. The molecule has 0 heterocycles. The number of aliphatic carboxylic acids is 1. The van der Waals surface area contributed by atoms with Crippen LogP contribution in [-0.2, 0) is 9.59 Å². The lowest BCUT2D eigenvalue weighted by atomic mass is 10.1. The molecule has 0 fully saturated rings. The van der Waals surface area contributed by atoms with Crippen LogP contribution in [0.4, 0.5) is 0 Å². The van der Waals surface area contributed by atoms with Crippen molar-refractivity contribution in [3.05, 3.63) is 23.8 Å². The molecule has 0 aromatic heterocycles. The van der Waals surface area contributed by atoms with Crippen molar-refractivity contribution in [2.75, 3.05) is 0 Å². The number of carboxylic acid groups (broad SMARTS) is 1. The van der Waals surface area contributed by atoms with Gasteiger partial charge in [-0.25, -0.2) is 0 Å². The van der Waals surface area contributed by atoms with Crippen molar-refractivity contribution >= 4 is 11.8 Å². The lowest BCUT2D eigenvalue weighted by Crippen LogP contribution is -2.00. The maximum Gasteiger partial charge on any atom is 0.303 e. The second-order valence-corrected chi connectivity index (χ2v) is 4.57. The van der Waals surface area contributed by atoms with Crippen LogP contribution in [0.2, 0.25) is 0 Å². The molecule has 0 bridgehead atoms. The van der Waals surface area contributed by atoms with E-state index in [1.165, 1.54) is 0 Å². The molecule has 0 aromatic carbocycles. The van der Waals surface area contributed by atoms with Crippen LogP contribution in [0.1, 0.15) is 44.9 Å². The first-order chi connectivity index (χ1) is 8.59. The second-order valence-electron chi connectivity index (χ2n) is 4.57. The summed E-state index contributed by atoms with van der Waals surface area (Å²) in [6.45, 7) is 0. The van der Waals surface area contributed by atoms with Gasteiger partial charge in [-0.15, -0.1) is 0 Å². The molecule has 0 saturated heterocycles. The van der Waals surface area contributed by atoms with E-state index in [2.05, 4.69) is 0 Å². The molecule has 1 aliphatic carbocycles. The minimum absolute atomic E-state index is 0.000193. The Hall–Kier alpha value is -1.42. The van der Waals surface area contributed by atoms with E-state index in [1.807, 2.05) is 6.08 Å². The molecule has 4 heteroatoms. The van der Waals surface area contributed by atoms with Crippen molar-refractivity contribution in [1.82, 2.24) is 0 Å². The first-order valence-corrected chi connectivity index (χ1v) is 6.41. The second kappa shape index (κ2) is 7.82. The number of aliphatic hydroxyl groups excluding tert-OH is 1. The molecule has 100 valence electrons. The number of rotatable bonds is 8. The van der Waals surface area contributed by atoms with Crippen LogP contribution in [0.15, 0.2) is 23.8 Å². The molecule has 0 saturated carbocycles. The van der Waals surface area contributed by atoms with Gasteiger partial charge >= 0.3 is 5.97 Å². The summed E-state index contributed by atoms with van der Waals surface area (Å²) in [4.78, 5) is 21.6. The number of Topliss-reactive ketones (excluding diaryl/α,β-unsaturated/α-hetero) is 1. The zero-order valence-corrected chi connectivity index (χ0v) is 10.5. The molecule has 1 unspecified atom stereocenters. The Morgan fingerprint density at radius 1 is 1.33 bits per heavy atom. The summed E-state index contributed by atoms with van der Waals surface area (Å²) < 4.78 is 0. The Bertz CT molecular complexity index is 355. The highest BCUT2D eigenvalue weighted by atomic mass is 16.4. The first-order valence-electron chi connectivity index (χ1n) is 6.41. The van der Waals surface area contributed by atoms with Crippen LogP contribution in [0.5, 0.6) is 0 Å². The number of carboxylic acids is 1. The number of allylic oxidation sites excluding steroid dienone is 3. The summed E-state index contributed by atoms with van der Waals surface area (Å²) in [6, 6.07) is 0. The van der Waals surface area contributed by atoms with E-state index in [0.717, 1.165) is 32.1 Å². The molecule has 0 spiro atoms. The predicted molar refractivity (Wildman–Crippen MR) is 68.2 cm³/mol. The molecular weight excluding hydrogens is 232 g/mol. The Labute approximate surface area is 107 Å². The summed E-state index contributed by atoms with van der Waals surface area (Å²) >= 11 is 0. The Balaban J connectivity index is 2.06. The smallest absolute Gasteiger partial charge is 0.303 e. The van der Waals surface area contributed by atoms with Crippen molar-refractivity contribution < 1.29 is 19.8 Å². The van der Waals surface area contributed by atoms with E-state index in [-0.39, 0.29) is 18.6 Å². The van der Waals surface area contributed by atoms with Crippen LogP contribution < -0.4 is 0 Å². The van der Waals surface area contributed by atoms with Crippen LogP contribution in [0.3, 0.4) is 0 Å². The summed E-state index contributed by atoms with van der Waals surface area (Å²) in [5, 5.41) is 17.7. The molecule has 18 heavy (non-hydrogen) atoms. The van der Waals surface area contributed by atoms with Crippen molar-refractivity contribution in [2.24, 2.45) is 0 Å². The largest absolute Gasteiger partial charge is 0.481 e. The van der Waals surface area contributed by atoms with Crippen molar-refractivity contribution in [2.45, 2.75) is 51.0 Å². The standard InChI is InChI=1S/C14H20O4/c15-12-9-11(13(16)10-12)7-5-3-1-2-4-6-8-14(17)18/h5,7,9,12,15H,1-4,6,8,10H2,(H,17,18). The van der Waals surface area contributed by atoms with Crippen LogP contribution in [0, 0.1) is 0 Å². The SMILES string of the molecule is O=C(O)CCCCCCC=CC1=CC(O)CC1=O. The quantitative estimate of drug-likeness (QED) is 0.650. The third-order valence-electron chi connectivity index (χ3n) is 2.90. The minimum Gasteiger partial charge on any atom is -0.481 e. The van der Waals surface area contributed by atoms with Crippen molar-refractivity contribution in [3.8, 4) is 0 Å². The molecule has 0 amide bonds. The number of aliphatic hydroxyl groups is 1. The van der Waals surface area contributed by atoms with Gasteiger partial charge in [-0.3, -0.25) is 9.59 Å². The van der Waals surface area contributed by atoms with Gasteiger partial charge in [0.2, 0.25) is 0 Å². The maximum absolute atomic E-state index is 11.3. The minimum atomic E-state index is -0.736. The topological polar surface area (TPSA) is 74.6 Å². The van der Waals surface area contributed by atoms with E-state index < -0.39 is 12.1 Å². The molecule has 0 aliphatic heterocycles. The molecule has 1 rings (SSSR count). The molecule has 1 aliphatic rings. The number of hydrogen-bond acceptors (Lipinski definition) is 3. The van der Waals surface area contributed by atoms with Gasteiger partial charge in [-0.1, -0.05) is 25.0 Å². The van der Waals surface area contributed by atoms with Crippen LogP contribution in [0.25, 0.3) is 0 Å². The Morgan fingerprint density at radius 3 is 2.67 bits per heavy atom. The van der Waals surface area contributed by atoms with E-state index in [4.69, 9.17) is 5.11 Å². The first kappa shape index (κ1) is 14.6. The molecular formula is C14H20O4. The van der Waals surface area contributed by atoms with Gasteiger partial charge in [-0.2, -0.15) is 0 Å². The number of carbonyl (C=O) groups excluding carboxylic acids is 1. The highest BCUT2D eigenvalue weighted by molar-refractivity contribution is 6.00. The molecule has 2 N–H and O–H groups in total. The predicted octanol–water partition coefficient (Wildman–Crippen LogP) is 2.23. The highest BCUT2D eigenvalue weighted by Gasteiger charge is 2.19. The maximum atomic E-state index is 11.3. The number of ketones is 1. The lowest BCUT2D eigenvalue weighted by Gasteiger charge is -1.97. The highest BCUT2D eigenvalue weighted by Crippen LogP contribution is 2.16. The van der Waals surface area contributed by atoms with Crippen molar-refractivity contribution in [3.63, 3.8) is 0 Å². The van der Waals surface area contributed by atoms with E-state index >= 15 is 0 Å². The Morgan fingerprint density at radius 2 is 2.06 bits per heavy atom. The van der Waals surface area contributed by atoms with Crippen LogP contribution in [-0.4, -0.2) is 28.1 Å². The zero-order chi connectivity index (χ0) is 13.4. The third kappa shape index (κ3) is 5.77. The average Bonchev–Trinajstić information content (AvgIpc) is 2.61. The van der Waals surface area contributed by atoms with Gasteiger partial charge in [0.15, 0.2) is 5.78 Å². The average molecular weight is 252 g/mol. The van der Waals surface area contributed by atoms with Gasteiger partial charge in [0, 0.05) is 18.4 Å². The van der Waals surface area contributed by atoms with Gasteiger partial charge in [-0.05, 0) is 25.3 Å². The summed E-state index contributed by atoms with van der Waals surface area (Å²) in [5.74, 6) is -0.736. The van der Waals surface area contributed by atoms with E-state index in [1.54, 1.807) is 12.2 Å². The van der Waals surface area contributed by atoms with Crippen LogP contribution >= 0.6 is 0 Å². The summed E-state index contributed by atoms with van der Waals surface area (Å²) in [6.07, 6.45) is 9.69. The third-order valence-corrected chi connectivity index (χ3v) is 2.90. The van der Waals surface area contributed by atoms with Crippen molar-refractivity contribution in [1.29, 1.82) is 0 Å². The summed E-state index contributed by atoms with van der Waals surface area (Å²) in [5.41, 5.74) is 0.605.